The number of hydrogen-bond acceptors (Lipinski definition) is 3. The lowest BCUT2D eigenvalue weighted by Crippen LogP contribution is -2.31. The molecule has 1 aliphatic rings. The van der Waals surface area contributed by atoms with Gasteiger partial charge in [-0.3, -0.25) is 0 Å². The molecular formula is C14H26N4. The molecule has 0 amide bonds. The van der Waals surface area contributed by atoms with Gasteiger partial charge >= 0.3 is 0 Å². The quantitative estimate of drug-likeness (QED) is 0.839. The zero-order valence-corrected chi connectivity index (χ0v) is 11.7. The highest BCUT2D eigenvalue weighted by atomic mass is 15.2. The van der Waals surface area contributed by atoms with Gasteiger partial charge < -0.3 is 14.8 Å². The largest absolute Gasteiger partial charge is 0.332 e. The molecule has 1 fully saturated rings. The summed E-state index contributed by atoms with van der Waals surface area (Å²) in [6.45, 7) is 10.0. The van der Waals surface area contributed by atoms with Crippen LogP contribution in [0.2, 0.25) is 0 Å². The molecule has 0 aromatic carbocycles. The van der Waals surface area contributed by atoms with E-state index in [2.05, 4.69) is 33.6 Å². The Bertz CT molecular complexity index is 337. The van der Waals surface area contributed by atoms with Crippen molar-refractivity contribution < 1.29 is 0 Å². The molecule has 0 aliphatic carbocycles. The summed E-state index contributed by atoms with van der Waals surface area (Å²) in [6.07, 6.45) is 7.90. The molecule has 2 rings (SSSR count). The number of piperidine rings is 1. The van der Waals surface area contributed by atoms with Crippen LogP contribution in [0.1, 0.15) is 44.8 Å². The molecule has 1 unspecified atom stereocenters. The second kappa shape index (κ2) is 6.90. The van der Waals surface area contributed by atoms with Crippen molar-refractivity contribution in [1.82, 2.24) is 19.8 Å². The van der Waals surface area contributed by atoms with Gasteiger partial charge in [0.15, 0.2) is 0 Å². The third kappa shape index (κ3) is 3.33. The van der Waals surface area contributed by atoms with E-state index >= 15 is 0 Å². The number of imidazole rings is 1. The normalized spacial score (nSPS) is 20.5. The summed E-state index contributed by atoms with van der Waals surface area (Å²) in [6, 6.07) is 0.512. The monoisotopic (exact) mass is 250 g/mol. The van der Waals surface area contributed by atoms with Crippen molar-refractivity contribution in [1.29, 1.82) is 0 Å². The van der Waals surface area contributed by atoms with Crippen LogP contribution in [0.4, 0.5) is 0 Å². The third-order valence-electron chi connectivity index (χ3n) is 3.96. The second-order valence-electron chi connectivity index (χ2n) is 5.04. The Kier molecular flexibility index (Phi) is 5.20. The number of likely N-dealkylation sites (N-methyl/N-ethyl adjacent to an activating group) is 1. The summed E-state index contributed by atoms with van der Waals surface area (Å²) in [5.41, 5.74) is 1.36. The van der Waals surface area contributed by atoms with Crippen LogP contribution in [-0.2, 0) is 6.54 Å². The molecule has 1 atom stereocenters. The van der Waals surface area contributed by atoms with Crippen molar-refractivity contribution in [3.63, 3.8) is 0 Å². The maximum Gasteiger partial charge on any atom is 0.0949 e. The van der Waals surface area contributed by atoms with E-state index in [-0.39, 0.29) is 0 Å². The molecule has 4 nitrogen and oxygen atoms in total. The van der Waals surface area contributed by atoms with E-state index < -0.39 is 0 Å². The topological polar surface area (TPSA) is 33.1 Å². The predicted octanol–water partition coefficient (Wildman–Crippen LogP) is 2.04. The first-order valence-electron chi connectivity index (χ1n) is 7.31. The molecule has 0 radical (unpaired) electrons. The Labute approximate surface area is 110 Å². The highest BCUT2D eigenvalue weighted by Gasteiger charge is 2.18. The molecule has 0 saturated carbocycles. The van der Waals surface area contributed by atoms with Crippen LogP contribution in [0.3, 0.4) is 0 Å². The van der Waals surface area contributed by atoms with Gasteiger partial charge in [-0.15, -0.1) is 0 Å². The first-order valence-corrected chi connectivity index (χ1v) is 7.31. The Morgan fingerprint density at radius 1 is 1.39 bits per heavy atom. The Balaban J connectivity index is 1.94. The standard InChI is InChI=1S/C14H26N4/c1-3-17(4-2)9-10-18-12-15-11-14(18)13-7-5-6-8-16-13/h11-13,16H,3-10H2,1-2H3. The minimum atomic E-state index is 0.512. The SMILES string of the molecule is CCN(CC)CCn1cncc1C1CCCCN1. The van der Waals surface area contributed by atoms with Crippen molar-refractivity contribution >= 4 is 0 Å². The van der Waals surface area contributed by atoms with E-state index in [1.54, 1.807) is 0 Å². The molecule has 1 aromatic rings. The maximum atomic E-state index is 4.33. The van der Waals surface area contributed by atoms with Gasteiger partial charge in [0.25, 0.3) is 0 Å². The molecule has 102 valence electrons. The fourth-order valence-corrected chi connectivity index (χ4v) is 2.70. The third-order valence-corrected chi connectivity index (χ3v) is 3.96. The fourth-order valence-electron chi connectivity index (χ4n) is 2.70. The number of nitrogens with zero attached hydrogens (tertiary/aromatic N) is 3. The van der Waals surface area contributed by atoms with Crippen LogP contribution in [0.25, 0.3) is 0 Å². The van der Waals surface area contributed by atoms with Gasteiger partial charge in [0, 0.05) is 25.3 Å². The van der Waals surface area contributed by atoms with E-state index in [0.29, 0.717) is 6.04 Å². The Morgan fingerprint density at radius 2 is 2.22 bits per heavy atom. The molecular weight excluding hydrogens is 224 g/mol. The van der Waals surface area contributed by atoms with Crippen molar-refractivity contribution in [2.75, 3.05) is 26.2 Å². The van der Waals surface area contributed by atoms with Crippen LogP contribution in [0, 0.1) is 0 Å². The van der Waals surface area contributed by atoms with Crippen molar-refractivity contribution in [3.05, 3.63) is 18.2 Å². The van der Waals surface area contributed by atoms with E-state index in [1.165, 1.54) is 25.0 Å². The summed E-state index contributed by atoms with van der Waals surface area (Å²) in [5.74, 6) is 0. The zero-order valence-electron chi connectivity index (χ0n) is 11.7. The van der Waals surface area contributed by atoms with Crippen LogP contribution < -0.4 is 5.32 Å². The Hall–Kier alpha value is -0.870. The van der Waals surface area contributed by atoms with Crippen LogP contribution in [0.15, 0.2) is 12.5 Å². The summed E-state index contributed by atoms with van der Waals surface area (Å²) < 4.78 is 2.32. The van der Waals surface area contributed by atoms with Crippen LogP contribution in [0.5, 0.6) is 0 Å². The summed E-state index contributed by atoms with van der Waals surface area (Å²) in [7, 11) is 0. The maximum absolute atomic E-state index is 4.33. The first kappa shape index (κ1) is 13.6. The van der Waals surface area contributed by atoms with Crippen LogP contribution in [-0.4, -0.2) is 40.6 Å². The molecule has 18 heavy (non-hydrogen) atoms. The molecule has 4 heteroatoms. The van der Waals surface area contributed by atoms with Crippen molar-refractivity contribution in [2.45, 2.75) is 45.7 Å². The van der Waals surface area contributed by atoms with Gasteiger partial charge in [-0.2, -0.15) is 0 Å². The van der Waals surface area contributed by atoms with Crippen LogP contribution >= 0.6 is 0 Å². The van der Waals surface area contributed by atoms with Gasteiger partial charge in [-0.1, -0.05) is 20.3 Å². The van der Waals surface area contributed by atoms with Gasteiger partial charge in [0.05, 0.1) is 12.0 Å². The number of hydrogen-bond donors (Lipinski definition) is 1. The predicted molar refractivity (Wildman–Crippen MR) is 74.6 cm³/mol. The molecule has 0 spiro atoms. The highest BCUT2D eigenvalue weighted by Crippen LogP contribution is 2.22. The van der Waals surface area contributed by atoms with E-state index in [0.717, 1.165) is 32.7 Å². The minimum absolute atomic E-state index is 0.512. The van der Waals surface area contributed by atoms with Gasteiger partial charge in [-0.05, 0) is 32.5 Å². The second-order valence-corrected chi connectivity index (χ2v) is 5.04. The molecule has 2 heterocycles. The molecule has 1 aromatic heterocycles. The zero-order chi connectivity index (χ0) is 12.8. The van der Waals surface area contributed by atoms with Gasteiger partial charge in [0.2, 0.25) is 0 Å². The smallest absolute Gasteiger partial charge is 0.0949 e. The van der Waals surface area contributed by atoms with Gasteiger partial charge in [0.1, 0.15) is 0 Å². The summed E-state index contributed by atoms with van der Waals surface area (Å²) in [5, 5.41) is 3.60. The summed E-state index contributed by atoms with van der Waals surface area (Å²) >= 11 is 0. The number of rotatable bonds is 6. The molecule has 0 bridgehead atoms. The van der Waals surface area contributed by atoms with E-state index in [1.807, 2.05) is 12.5 Å². The lowest BCUT2D eigenvalue weighted by atomic mass is 10.0. The lowest BCUT2D eigenvalue weighted by Gasteiger charge is -2.25. The Morgan fingerprint density at radius 3 is 2.89 bits per heavy atom. The van der Waals surface area contributed by atoms with E-state index in [9.17, 15) is 0 Å². The summed E-state index contributed by atoms with van der Waals surface area (Å²) in [4.78, 5) is 6.79. The minimum Gasteiger partial charge on any atom is -0.332 e. The van der Waals surface area contributed by atoms with Gasteiger partial charge in [-0.25, -0.2) is 4.98 Å². The lowest BCUT2D eigenvalue weighted by molar-refractivity contribution is 0.286. The molecule has 1 saturated heterocycles. The fraction of sp³-hybridized carbons (Fsp3) is 0.786. The number of aromatic nitrogens is 2. The highest BCUT2D eigenvalue weighted by molar-refractivity contribution is 5.06. The molecule has 1 aliphatic heterocycles. The average Bonchev–Trinajstić information content (AvgIpc) is 2.89. The first-order chi connectivity index (χ1) is 8.85. The van der Waals surface area contributed by atoms with Crippen molar-refractivity contribution in [2.24, 2.45) is 0 Å². The van der Waals surface area contributed by atoms with E-state index in [4.69, 9.17) is 0 Å². The van der Waals surface area contributed by atoms with Crippen molar-refractivity contribution in [3.8, 4) is 0 Å². The number of nitrogens with one attached hydrogen (secondary N) is 1. The average molecular weight is 250 g/mol. The molecule has 1 N–H and O–H groups in total.